The van der Waals surface area contributed by atoms with Crippen LogP contribution in [0.4, 0.5) is 5.82 Å². The maximum atomic E-state index is 7.22. The summed E-state index contributed by atoms with van der Waals surface area (Å²) in [5, 5.41) is 14.7. The first-order valence-electron chi connectivity index (χ1n) is 8.98. The quantitative estimate of drug-likeness (QED) is 0.227. The van der Waals surface area contributed by atoms with E-state index in [0.717, 1.165) is 48.8 Å². The van der Waals surface area contributed by atoms with Crippen LogP contribution in [0.5, 0.6) is 5.75 Å². The summed E-state index contributed by atoms with van der Waals surface area (Å²) in [5.41, 5.74) is 9.53. The van der Waals surface area contributed by atoms with Crippen LogP contribution >= 0.6 is 0 Å². The van der Waals surface area contributed by atoms with E-state index < -0.39 is 0 Å². The number of benzene rings is 1. The van der Waals surface area contributed by atoms with Crippen molar-refractivity contribution in [3.63, 3.8) is 0 Å². The molecule has 5 N–H and O–H groups in total. The number of rotatable bonds is 10. The van der Waals surface area contributed by atoms with E-state index in [9.17, 15) is 0 Å². The molecule has 0 radical (unpaired) electrons. The van der Waals surface area contributed by atoms with Crippen molar-refractivity contribution < 1.29 is 4.74 Å². The van der Waals surface area contributed by atoms with Gasteiger partial charge in [0.05, 0.1) is 24.2 Å². The molecular weight excluding hydrogens is 328 g/mol. The lowest BCUT2D eigenvalue weighted by Crippen LogP contribution is -2.25. The fourth-order valence-corrected chi connectivity index (χ4v) is 2.47. The van der Waals surface area contributed by atoms with Crippen molar-refractivity contribution in [3.8, 4) is 11.4 Å². The first kappa shape index (κ1) is 19.4. The van der Waals surface area contributed by atoms with Crippen LogP contribution in [-0.4, -0.2) is 29.9 Å². The maximum absolute atomic E-state index is 7.22. The minimum absolute atomic E-state index is 0.202. The zero-order valence-electron chi connectivity index (χ0n) is 15.5. The van der Waals surface area contributed by atoms with E-state index in [-0.39, 0.29) is 5.96 Å². The Morgan fingerprint density at radius 1 is 1.23 bits per heavy atom. The van der Waals surface area contributed by atoms with Crippen LogP contribution < -0.4 is 21.2 Å². The summed E-state index contributed by atoms with van der Waals surface area (Å²) < 4.78 is 8.05. The van der Waals surface area contributed by atoms with E-state index in [1.165, 1.54) is 0 Å². The van der Waals surface area contributed by atoms with Crippen molar-refractivity contribution >= 4 is 18.0 Å². The van der Waals surface area contributed by atoms with E-state index in [4.69, 9.17) is 15.9 Å². The molecule has 0 saturated carbocycles. The van der Waals surface area contributed by atoms with Crippen LogP contribution in [-0.2, 0) is 0 Å². The second-order valence-corrected chi connectivity index (χ2v) is 5.86. The van der Waals surface area contributed by atoms with Crippen molar-refractivity contribution in [2.45, 2.75) is 33.1 Å². The highest BCUT2D eigenvalue weighted by Gasteiger charge is 2.13. The highest BCUT2D eigenvalue weighted by molar-refractivity contribution is 5.83. The Kier molecular flexibility index (Phi) is 7.54. The molecule has 140 valence electrons. The lowest BCUT2D eigenvalue weighted by Gasteiger charge is -2.17. The Hall–Kier alpha value is -2.96. The fraction of sp³-hybridized carbons (Fsp3) is 0.368. The molecule has 0 saturated heterocycles. The molecule has 0 fully saturated rings. The van der Waals surface area contributed by atoms with Crippen LogP contribution in [0, 0.1) is 5.41 Å². The highest BCUT2D eigenvalue weighted by Crippen LogP contribution is 2.28. The van der Waals surface area contributed by atoms with Gasteiger partial charge in [-0.3, -0.25) is 9.98 Å². The van der Waals surface area contributed by atoms with Crippen LogP contribution in [0.15, 0.2) is 41.5 Å². The van der Waals surface area contributed by atoms with Gasteiger partial charge in [0.15, 0.2) is 0 Å². The normalized spacial score (nSPS) is 10.8. The largest absolute Gasteiger partial charge is 0.491 e. The van der Waals surface area contributed by atoms with E-state index in [1.54, 1.807) is 6.21 Å². The van der Waals surface area contributed by atoms with Crippen LogP contribution in [0.1, 0.15) is 38.8 Å². The zero-order chi connectivity index (χ0) is 18.8. The lowest BCUT2D eigenvalue weighted by atomic mass is 10.2. The minimum atomic E-state index is -0.202. The average molecular weight is 356 g/mol. The predicted octanol–water partition coefficient (Wildman–Crippen LogP) is 3.30. The number of para-hydroxylation sites is 2. The highest BCUT2D eigenvalue weighted by atomic mass is 16.5. The Balaban J connectivity index is 2.40. The van der Waals surface area contributed by atoms with Gasteiger partial charge in [0.2, 0.25) is 5.96 Å². The number of unbranched alkanes of at least 4 members (excludes halogenated alkanes) is 1. The number of anilines is 1. The van der Waals surface area contributed by atoms with E-state index in [1.807, 2.05) is 36.4 Å². The molecule has 2 aromatic rings. The number of nitrogens with zero attached hydrogens (tertiary/aromatic N) is 2. The number of hydrogen-bond donors (Lipinski definition) is 4. The fourth-order valence-electron chi connectivity index (χ4n) is 2.47. The second kappa shape index (κ2) is 10.1. The Morgan fingerprint density at radius 2 is 2.04 bits per heavy atom. The summed E-state index contributed by atoms with van der Waals surface area (Å²) in [5.74, 6) is 1.58. The van der Waals surface area contributed by atoms with Crippen LogP contribution in [0.3, 0.4) is 0 Å². The van der Waals surface area contributed by atoms with Gasteiger partial charge in [-0.2, -0.15) is 5.10 Å². The Morgan fingerprint density at radius 3 is 2.77 bits per heavy atom. The molecule has 0 aliphatic rings. The summed E-state index contributed by atoms with van der Waals surface area (Å²) >= 11 is 0. The van der Waals surface area contributed by atoms with Gasteiger partial charge in [0.1, 0.15) is 11.6 Å². The summed E-state index contributed by atoms with van der Waals surface area (Å²) in [4.78, 5) is 0. The Labute approximate surface area is 154 Å². The summed E-state index contributed by atoms with van der Waals surface area (Å²) in [6.45, 7) is 5.82. The maximum Gasteiger partial charge on any atom is 0.206 e. The summed E-state index contributed by atoms with van der Waals surface area (Å²) in [6.07, 6.45) is 4.76. The molecule has 26 heavy (non-hydrogen) atoms. The second-order valence-electron chi connectivity index (χ2n) is 5.86. The number of ether oxygens (including phenoxy) is 1. The van der Waals surface area contributed by atoms with Crippen LogP contribution in [0.25, 0.3) is 5.69 Å². The number of nitrogens with two attached hydrogens (primary N) is 1. The monoisotopic (exact) mass is 356 g/mol. The molecule has 0 amide bonds. The third-order valence-corrected chi connectivity index (χ3v) is 3.71. The zero-order valence-corrected chi connectivity index (χ0v) is 15.5. The molecule has 0 unspecified atom stereocenters. The van der Waals surface area contributed by atoms with E-state index >= 15 is 0 Å². The lowest BCUT2D eigenvalue weighted by molar-refractivity contribution is 0.308. The number of hydrogen-bond acceptors (Lipinski definition) is 4. The van der Waals surface area contributed by atoms with Gasteiger partial charge in [0, 0.05) is 6.54 Å². The third-order valence-electron chi connectivity index (χ3n) is 3.71. The Bertz CT molecular complexity index is 737. The van der Waals surface area contributed by atoms with Gasteiger partial charge in [0.25, 0.3) is 0 Å². The smallest absolute Gasteiger partial charge is 0.206 e. The molecule has 7 heteroatoms. The first-order valence-corrected chi connectivity index (χ1v) is 8.98. The van der Waals surface area contributed by atoms with Crippen molar-refractivity contribution in [3.05, 3.63) is 42.1 Å². The molecule has 0 bridgehead atoms. The first-order chi connectivity index (χ1) is 12.7. The van der Waals surface area contributed by atoms with Gasteiger partial charge in [-0.1, -0.05) is 32.4 Å². The number of nitrogens with one attached hydrogen (secondary N) is 3. The molecule has 0 spiro atoms. The molecule has 1 aromatic carbocycles. The topological polar surface area (TPSA) is 100 Å². The van der Waals surface area contributed by atoms with Crippen molar-refractivity contribution in [2.75, 3.05) is 18.5 Å². The molecular formula is C19H28N6O. The number of aromatic nitrogens is 1. The molecule has 1 heterocycles. The van der Waals surface area contributed by atoms with Crippen molar-refractivity contribution in [1.29, 1.82) is 5.41 Å². The molecule has 0 atom stereocenters. The third kappa shape index (κ3) is 5.27. The van der Waals surface area contributed by atoms with E-state index in [2.05, 4.69) is 34.3 Å². The minimum Gasteiger partial charge on any atom is -0.491 e. The van der Waals surface area contributed by atoms with Crippen molar-refractivity contribution in [2.24, 2.45) is 10.8 Å². The standard InChI is InChI=1S/C19H28N6O/c1-3-5-13-26-17-9-7-6-8-16(17)25-15(14-23-24-19(20)21)10-11-18(25)22-12-4-2/h6-11,14,22H,3-5,12-13H2,1-2H3,(H4,20,21,24)/b23-14+. The number of guanidine groups is 1. The SMILES string of the molecule is CCCCOc1ccccc1-n1c(/C=N/NC(=N)N)ccc1NCCC. The molecule has 0 aliphatic heterocycles. The van der Waals surface area contributed by atoms with Crippen LogP contribution in [0.2, 0.25) is 0 Å². The molecule has 1 aromatic heterocycles. The van der Waals surface area contributed by atoms with Gasteiger partial charge < -0.3 is 15.8 Å². The van der Waals surface area contributed by atoms with Gasteiger partial charge in [-0.05, 0) is 37.1 Å². The predicted molar refractivity (Wildman–Crippen MR) is 108 cm³/mol. The summed E-state index contributed by atoms with van der Waals surface area (Å²) in [6, 6.07) is 11.9. The summed E-state index contributed by atoms with van der Waals surface area (Å²) in [7, 11) is 0. The molecule has 7 nitrogen and oxygen atoms in total. The van der Waals surface area contributed by atoms with Gasteiger partial charge >= 0.3 is 0 Å². The van der Waals surface area contributed by atoms with E-state index in [0.29, 0.717) is 6.61 Å². The number of hydrazone groups is 1. The molecule has 2 rings (SSSR count). The van der Waals surface area contributed by atoms with Gasteiger partial charge in [-0.15, -0.1) is 0 Å². The average Bonchev–Trinajstić information content (AvgIpc) is 3.03. The van der Waals surface area contributed by atoms with Gasteiger partial charge in [-0.25, -0.2) is 5.43 Å². The molecule has 0 aliphatic carbocycles. The van der Waals surface area contributed by atoms with Crippen molar-refractivity contribution in [1.82, 2.24) is 9.99 Å².